The topological polar surface area (TPSA) is 64.0 Å². The molecule has 1 saturated carbocycles. The molecule has 20 heavy (non-hydrogen) atoms. The Hall–Kier alpha value is -1.40. The van der Waals surface area contributed by atoms with E-state index in [1.807, 2.05) is 17.6 Å². The maximum Gasteiger partial charge on any atom is 0.243 e. The van der Waals surface area contributed by atoms with Crippen LogP contribution >= 0.6 is 0 Å². The fourth-order valence-electron chi connectivity index (χ4n) is 2.87. The summed E-state index contributed by atoms with van der Waals surface area (Å²) in [5.74, 6) is 0. The molecule has 0 bridgehead atoms. The predicted molar refractivity (Wildman–Crippen MR) is 78.0 cm³/mol. The summed E-state index contributed by atoms with van der Waals surface area (Å²) in [6, 6.07) is 3.67. The Balaban J connectivity index is 2.04. The van der Waals surface area contributed by atoms with Crippen molar-refractivity contribution in [2.75, 3.05) is 0 Å². The zero-order valence-electron chi connectivity index (χ0n) is 11.5. The number of rotatable bonds is 4. The molecule has 0 amide bonds. The molecule has 2 aromatic rings. The quantitative estimate of drug-likeness (QED) is 0.940. The van der Waals surface area contributed by atoms with E-state index in [1.54, 1.807) is 18.5 Å². The predicted octanol–water partition coefficient (Wildman–Crippen LogP) is 2.28. The van der Waals surface area contributed by atoms with Gasteiger partial charge in [-0.25, -0.2) is 18.1 Å². The van der Waals surface area contributed by atoms with Gasteiger partial charge < -0.3 is 4.57 Å². The second kappa shape index (κ2) is 5.18. The summed E-state index contributed by atoms with van der Waals surface area (Å²) in [5, 5.41) is 0.694. The number of fused-ring (bicyclic) bond motifs is 1. The van der Waals surface area contributed by atoms with Crippen LogP contribution in [0.1, 0.15) is 32.6 Å². The Morgan fingerprint density at radius 3 is 2.85 bits per heavy atom. The first-order valence-corrected chi connectivity index (χ1v) is 8.56. The van der Waals surface area contributed by atoms with Crippen LogP contribution in [0.15, 0.2) is 29.4 Å². The minimum absolute atomic E-state index is 0.0803. The summed E-state index contributed by atoms with van der Waals surface area (Å²) in [6.07, 6.45) is 7.45. The molecule has 3 rings (SSSR count). The number of aryl methyl sites for hydroxylation is 1. The number of pyridine rings is 1. The molecular formula is C14H19N3O2S. The van der Waals surface area contributed by atoms with Crippen molar-refractivity contribution in [1.29, 1.82) is 0 Å². The third-order valence-corrected chi connectivity index (χ3v) is 5.45. The van der Waals surface area contributed by atoms with Crippen LogP contribution in [0.2, 0.25) is 0 Å². The Labute approximate surface area is 119 Å². The smallest absolute Gasteiger partial charge is 0.243 e. The van der Waals surface area contributed by atoms with Gasteiger partial charge in [0.15, 0.2) is 0 Å². The molecule has 1 aliphatic carbocycles. The van der Waals surface area contributed by atoms with Crippen LogP contribution in [-0.2, 0) is 16.6 Å². The van der Waals surface area contributed by atoms with Crippen molar-refractivity contribution in [1.82, 2.24) is 14.3 Å². The van der Waals surface area contributed by atoms with Gasteiger partial charge in [-0.05, 0) is 31.9 Å². The summed E-state index contributed by atoms with van der Waals surface area (Å²) >= 11 is 0. The van der Waals surface area contributed by atoms with Crippen LogP contribution in [0, 0.1) is 0 Å². The molecule has 5 nitrogen and oxygen atoms in total. The van der Waals surface area contributed by atoms with E-state index in [4.69, 9.17) is 0 Å². The van der Waals surface area contributed by atoms with Gasteiger partial charge in [-0.2, -0.15) is 0 Å². The average Bonchev–Trinajstić information content (AvgIpc) is 3.05. The highest BCUT2D eigenvalue weighted by atomic mass is 32.2. The largest absolute Gasteiger partial charge is 0.331 e. The Morgan fingerprint density at radius 2 is 2.15 bits per heavy atom. The maximum atomic E-state index is 12.6. The van der Waals surface area contributed by atoms with Crippen LogP contribution in [0.25, 0.3) is 11.0 Å². The van der Waals surface area contributed by atoms with Crippen LogP contribution < -0.4 is 4.72 Å². The highest BCUT2D eigenvalue weighted by Crippen LogP contribution is 2.26. The van der Waals surface area contributed by atoms with Gasteiger partial charge in [-0.3, -0.25) is 0 Å². The van der Waals surface area contributed by atoms with Crippen LogP contribution in [0.4, 0.5) is 0 Å². The number of nitrogens with one attached hydrogen (secondary N) is 1. The molecule has 2 heterocycles. The van der Waals surface area contributed by atoms with Gasteiger partial charge in [-0.15, -0.1) is 0 Å². The van der Waals surface area contributed by atoms with Crippen molar-refractivity contribution in [3.05, 3.63) is 24.5 Å². The first-order valence-electron chi connectivity index (χ1n) is 7.08. The number of hydrogen-bond acceptors (Lipinski definition) is 3. The fraction of sp³-hybridized carbons (Fsp3) is 0.500. The highest BCUT2D eigenvalue weighted by molar-refractivity contribution is 7.89. The zero-order valence-corrected chi connectivity index (χ0v) is 12.4. The summed E-state index contributed by atoms with van der Waals surface area (Å²) in [6.45, 7) is 2.68. The van der Waals surface area contributed by atoms with E-state index in [9.17, 15) is 8.42 Å². The van der Waals surface area contributed by atoms with E-state index in [0.29, 0.717) is 16.8 Å². The van der Waals surface area contributed by atoms with Gasteiger partial charge in [0.2, 0.25) is 10.0 Å². The van der Waals surface area contributed by atoms with Gasteiger partial charge in [0.25, 0.3) is 0 Å². The lowest BCUT2D eigenvalue weighted by molar-refractivity contribution is 0.552. The van der Waals surface area contributed by atoms with Crippen LogP contribution in [0.3, 0.4) is 0 Å². The first kappa shape index (κ1) is 13.6. The Kier molecular flexibility index (Phi) is 3.52. The number of sulfonamides is 1. The first-order chi connectivity index (χ1) is 9.62. The van der Waals surface area contributed by atoms with Crippen molar-refractivity contribution < 1.29 is 8.42 Å². The van der Waals surface area contributed by atoms with E-state index < -0.39 is 10.0 Å². The lowest BCUT2D eigenvalue weighted by Gasteiger charge is -2.11. The van der Waals surface area contributed by atoms with Crippen molar-refractivity contribution >= 4 is 21.1 Å². The summed E-state index contributed by atoms with van der Waals surface area (Å²) in [4.78, 5) is 4.63. The summed E-state index contributed by atoms with van der Waals surface area (Å²) in [5.41, 5.74) is 0.724. The van der Waals surface area contributed by atoms with Gasteiger partial charge in [0, 0.05) is 30.4 Å². The molecule has 6 heteroatoms. The zero-order chi connectivity index (χ0) is 14.2. The van der Waals surface area contributed by atoms with Gasteiger partial charge in [0.1, 0.15) is 10.5 Å². The molecular weight excluding hydrogens is 274 g/mol. The standard InChI is InChI=1S/C14H19N3O2S/c1-2-17-10-13(12-8-5-9-15-14(12)17)20(18,19)16-11-6-3-4-7-11/h5,8-11,16H,2-4,6-7H2,1H3. The third kappa shape index (κ3) is 2.33. The molecule has 0 radical (unpaired) electrons. The Bertz CT molecular complexity index is 715. The molecule has 0 aliphatic heterocycles. The van der Waals surface area contributed by atoms with Crippen molar-refractivity contribution in [2.24, 2.45) is 0 Å². The lowest BCUT2D eigenvalue weighted by atomic mass is 10.3. The van der Waals surface area contributed by atoms with Crippen LogP contribution in [0.5, 0.6) is 0 Å². The van der Waals surface area contributed by atoms with Crippen molar-refractivity contribution in [3.63, 3.8) is 0 Å². The molecule has 0 atom stereocenters. The van der Waals surface area contributed by atoms with Gasteiger partial charge in [0.05, 0.1) is 0 Å². The molecule has 2 aromatic heterocycles. The van der Waals surface area contributed by atoms with Gasteiger partial charge >= 0.3 is 0 Å². The molecule has 0 aromatic carbocycles. The van der Waals surface area contributed by atoms with E-state index in [0.717, 1.165) is 31.3 Å². The minimum atomic E-state index is -3.47. The monoisotopic (exact) mass is 293 g/mol. The molecule has 1 fully saturated rings. The van der Waals surface area contributed by atoms with Crippen LogP contribution in [-0.4, -0.2) is 24.0 Å². The molecule has 0 saturated heterocycles. The number of nitrogens with zero attached hydrogens (tertiary/aromatic N) is 2. The Morgan fingerprint density at radius 1 is 1.40 bits per heavy atom. The molecule has 0 unspecified atom stereocenters. The van der Waals surface area contributed by atoms with E-state index >= 15 is 0 Å². The van der Waals surface area contributed by atoms with E-state index in [1.165, 1.54) is 0 Å². The normalized spacial score (nSPS) is 17.1. The van der Waals surface area contributed by atoms with E-state index in [-0.39, 0.29) is 6.04 Å². The highest BCUT2D eigenvalue weighted by Gasteiger charge is 2.26. The number of hydrogen-bond donors (Lipinski definition) is 1. The molecule has 0 spiro atoms. The second-order valence-corrected chi connectivity index (χ2v) is 6.94. The lowest BCUT2D eigenvalue weighted by Crippen LogP contribution is -2.32. The van der Waals surface area contributed by atoms with Crippen molar-refractivity contribution in [2.45, 2.75) is 50.1 Å². The summed E-state index contributed by atoms with van der Waals surface area (Å²) < 4.78 is 29.9. The van der Waals surface area contributed by atoms with Crippen molar-refractivity contribution in [3.8, 4) is 0 Å². The molecule has 1 aliphatic rings. The van der Waals surface area contributed by atoms with E-state index in [2.05, 4.69) is 9.71 Å². The molecule has 108 valence electrons. The number of aromatic nitrogens is 2. The second-order valence-electron chi connectivity index (χ2n) is 5.26. The molecule has 1 N–H and O–H groups in total. The van der Waals surface area contributed by atoms with Gasteiger partial charge in [-0.1, -0.05) is 12.8 Å². The maximum absolute atomic E-state index is 12.6. The summed E-state index contributed by atoms with van der Waals surface area (Å²) in [7, 11) is -3.47. The minimum Gasteiger partial charge on any atom is -0.331 e. The average molecular weight is 293 g/mol. The SMILES string of the molecule is CCn1cc(S(=O)(=O)NC2CCCC2)c2cccnc21. The third-order valence-electron chi connectivity index (χ3n) is 3.90. The fourth-order valence-corrected chi connectivity index (χ4v) is 4.39.